The van der Waals surface area contributed by atoms with Crippen LogP contribution < -0.4 is 0 Å². The van der Waals surface area contributed by atoms with Gasteiger partial charge in [-0.2, -0.15) is 0 Å². The highest BCUT2D eigenvalue weighted by Gasteiger charge is 2.37. The molecular formula is C15H24N6O2. The van der Waals surface area contributed by atoms with Gasteiger partial charge in [0.2, 0.25) is 5.91 Å². The highest BCUT2D eigenvalue weighted by Crippen LogP contribution is 2.28. The predicted molar refractivity (Wildman–Crippen MR) is 81.6 cm³/mol. The summed E-state index contributed by atoms with van der Waals surface area (Å²) >= 11 is 0. The summed E-state index contributed by atoms with van der Waals surface area (Å²) < 4.78 is 1.80. The molecule has 2 fully saturated rings. The molecule has 23 heavy (non-hydrogen) atoms. The Hall–Kier alpha value is -1.54. The second-order valence-corrected chi connectivity index (χ2v) is 6.97. The van der Waals surface area contributed by atoms with Crippen molar-refractivity contribution < 1.29 is 9.90 Å². The molecule has 0 bridgehead atoms. The van der Waals surface area contributed by atoms with E-state index in [9.17, 15) is 9.90 Å². The zero-order chi connectivity index (χ0) is 15.8. The summed E-state index contributed by atoms with van der Waals surface area (Å²) in [7, 11) is 0. The largest absolute Gasteiger partial charge is 0.390 e. The van der Waals surface area contributed by atoms with Crippen molar-refractivity contribution in [2.45, 2.75) is 56.7 Å². The number of amides is 1. The van der Waals surface area contributed by atoms with Crippen LogP contribution in [0.1, 0.15) is 43.8 Å². The highest BCUT2D eigenvalue weighted by atomic mass is 16.3. The molecule has 0 saturated carbocycles. The number of nitrogens with zero attached hydrogens (tertiary/aromatic N) is 6. The highest BCUT2D eigenvalue weighted by molar-refractivity contribution is 5.83. The second-order valence-electron chi connectivity index (χ2n) is 6.97. The maximum atomic E-state index is 12.9. The molecule has 1 atom stereocenters. The molecule has 4 rings (SSSR count). The number of aliphatic hydroxyl groups is 1. The maximum absolute atomic E-state index is 12.9. The molecule has 1 aromatic rings. The number of hydrogen-bond donors (Lipinski definition) is 1. The van der Waals surface area contributed by atoms with Crippen molar-refractivity contribution in [3.05, 3.63) is 5.82 Å². The van der Waals surface area contributed by atoms with Gasteiger partial charge in [-0.05, 0) is 36.1 Å². The van der Waals surface area contributed by atoms with E-state index >= 15 is 0 Å². The van der Waals surface area contributed by atoms with Crippen molar-refractivity contribution in [1.82, 2.24) is 30.0 Å². The van der Waals surface area contributed by atoms with E-state index in [1.54, 1.807) is 4.68 Å². The van der Waals surface area contributed by atoms with E-state index in [4.69, 9.17) is 0 Å². The molecule has 0 radical (unpaired) electrons. The van der Waals surface area contributed by atoms with Crippen LogP contribution in [0.5, 0.6) is 0 Å². The molecule has 0 aliphatic carbocycles. The van der Waals surface area contributed by atoms with Gasteiger partial charge in [0.25, 0.3) is 0 Å². The van der Waals surface area contributed by atoms with Gasteiger partial charge in [0.05, 0.1) is 12.0 Å². The Labute approximate surface area is 135 Å². The van der Waals surface area contributed by atoms with Crippen molar-refractivity contribution in [1.29, 1.82) is 0 Å². The molecule has 2 saturated heterocycles. The zero-order valence-electron chi connectivity index (χ0n) is 13.3. The maximum Gasteiger partial charge on any atom is 0.233 e. The first-order valence-corrected chi connectivity index (χ1v) is 8.69. The molecule has 0 spiro atoms. The minimum Gasteiger partial charge on any atom is -0.390 e. The van der Waals surface area contributed by atoms with Gasteiger partial charge < -0.3 is 10.0 Å². The van der Waals surface area contributed by atoms with Crippen LogP contribution in [-0.4, -0.2) is 79.3 Å². The number of likely N-dealkylation sites (tertiary alicyclic amines) is 2. The number of tetrazole rings is 1. The van der Waals surface area contributed by atoms with Gasteiger partial charge in [-0.25, -0.2) is 4.68 Å². The molecule has 126 valence electrons. The number of aryl methyl sites for hydroxylation is 1. The van der Waals surface area contributed by atoms with Gasteiger partial charge in [-0.3, -0.25) is 9.69 Å². The summed E-state index contributed by atoms with van der Waals surface area (Å²) in [5.41, 5.74) is 0. The van der Waals surface area contributed by atoms with E-state index in [0.29, 0.717) is 6.04 Å². The average molecular weight is 320 g/mol. The van der Waals surface area contributed by atoms with Crippen molar-refractivity contribution in [3.8, 4) is 0 Å². The first-order chi connectivity index (χ1) is 11.2. The van der Waals surface area contributed by atoms with Crippen molar-refractivity contribution in [2.24, 2.45) is 0 Å². The predicted octanol–water partition coefficient (Wildman–Crippen LogP) is -0.392. The van der Waals surface area contributed by atoms with E-state index < -0.39 is 0 Å². The Morgan fingerprint density at radius 3 is 2.61 bits per heavy atom. The van der Waals surface area contributed by atoms with E-state index in [1.165, 1.54) is 0 Å². The van der Waals surface area contributed by atoms with Crippen LogP contribution in [-0.2, 0) is 11.3 Å². The van der Waals surface area contributed by atoms with Gasteiger partial charge in [0.1, 0.15) is 0 Å². The third kappa shape index (κ3) is 2.85. The van der Waals surface area contributed by atoms with Crippen LogP contribution in [0.25, 0.3) is 0 Å². The van der Waals surface area contributed by atoms with Crippen molar-refractivity contribution >= 4 is 5.91 Å². The number of aromatic nitrogens is 4. The monoisotopic (exact) mass is 320 g/mol. The lowest BCUT2D eigenvalue weighted by Crippen LogP contribution is -2.58. The number of rotatable bonds is 2. The molecule has 8 heteroatoms. The lowest BCUT2D eigenvalue weighted by Gasteiger charge is -2.45. The van der Waals surface area contributed by atoms with E-state index in [1.807, 2.05) is 4.90 Å². The summed E-state index contributed by atoms with van der Waals surface area (Å²) in [5, 5.41) is 21.3. The number of carbonyl (C=O) groups is 1. The van der Waals surface area contributed by atoms with Gasteiger partial charge >= 0.3 is 0 Å². The summed E-state index contributed by atoms with van der Waals surface area (Å²) in [6, 6.07) is 0.516. The molecule has 3 aliphatic rings. The fourth-order valence-electron chi connectivity index (χ4n) is 4.05. The average Bonchev–Trinajstić information content (AvgIpc) is 2.91. The number of fused-ring (bicyclic) bond motifs is 1. The number of carbonyl (C=O) groups excluding carboxylic acids is 1. The Balaban J connectivity index is 1.39. The quantitative estimate of drug-likeness (QED) is 0.798. The Morgan fingerprint density at radius 2 is 1.87 bits per heavy atom. The van der Waals surface area contributed by atoms with Crippen LogP contribution in [0.3, 0.4) is 0 Å². The SMILES string of the molecule is O=C(C1CCCCn2nnnc21)N1CCC(N2CC(O)C2)CC1. The summed E-state index contributed by atoms with van der Waals surface area (Å²) in [4.78, 5) is 17.3. The van der Waals surface area contributed by atoms with Gasteiger partial charge in [-0.15, -0.1) is 5.10 Å². The molecule has 1 aromatic heterocycles. The standard InChI is InChI=1S/C15H24N6O2/c22-12-9-20(10-12)11-4-7-19(8-5-11)15(23)13-3-1-2-6-21-14(13)16-17-18-21/h11-13,22H,1-10H2. The minimum atomic E-state index is -0.185. The topological polar surface area (TPSA) is 87.4 Å². The zero-order valence-corrected chi connectivity index (χ0v) is 13.3. The molecule has 1 amide bonds. The summed E-state index contributed by atoms with van der Waals surface area (Å²) in [6.45, 7) is 3.99. The Morgan fingerprint density at radius 1 is 1.09 bits per heavy atom. The van der Waals surface area contributed by atoms with Gasteiger partial charge in [0, 0.05) is 38.8 Å². The first-order valence-electron chi connectivity index (χ1n) is 8.69. The van der Waals surface area contributed by atoms with E-state index in [-0.39, 0.29) is 17.9 Å². The summed E-state index contributed by atoms with van der Waals surface area (Å²) in [5.74, 6) is 0.736. The lowest BCUT2D eigenvalue weighted by molar-refractivity contribution is -0.135. The molecule has 4 heterocycles. The van der Waals surface area contributed by atoms with Crippen LogP contribution in [0.15, 0.2) is 0 Å². The third-order valence-corrected chi connectivity index (χ3v) is 5.47. The van der Waals surface area contributed by atoms with Crippen molar-refractivity contribution in [3.63, 3.8) is 0 Å². The smallest absolute Gasteiger partial charge is 0.233 e. The molecular weight excluding hydrogens is 296 g/mol. The summed E-state index contributed by atoms with van der Waals surface area (Å²) in [6.07, 6.45) is 4.74. The van der Waals surface area contributed by atoms with Gasteiger partial charge in [0.15, 0.2) is 5.82 Å². The van der Waals surface area contributed by atoms with E-state index in [2.05, 4.69) is 20.4 Å². The number of aliphatic hydroxyl groups excluding tert-OH is 1. The number of hydrogen-bond acceptors (Lipinski definition) is 6. The minimum absolute atomic E-state index is 0.153. The normalized spacial score (nSPS) is 27.3. The fraction of sp³-hybridized carbons (Fsp3) is 0.867. The third-order valence-electron chi connectivity index (χ3n) is 5.47. The molecule has 1 N–H and O–H groups in total. The molecule has 3 aliphatic heterocycles. The fourth-order valence-corrected chi connectivity index (χ4v) is 4.05. The van der Waals surface area contributed by atoms with E-state index in [0.717, 1.165) is 70.7 Å². The molecule has 8 nitrogen and oxygen atoms in total. The second kappa shape index (κ2) is 6.16. The first kappa shape index (κ1) is 15.0. The molecule has 0 aromatic carbocycles. The van der Waals surface area contributed by atoms with Crippen molar-refractivity contribution in [2.75, 3.05) is 26.2 Å². The van der Waals surface area contributed by atoms with Crippen LogP contribution in [0, 0.1) is 0 Å². The van der Waals surface area contributed by atoms with Gasteiger partial charge in [-0.1, -0.05) is 6.42 Å². The van der Waals surface area contributed by atoms with Crippen LogP contribution >= 0.6 is 0 Å². The number of β-amino-alcohol motifs (C(OH)–C–C–N with tert-alkyl or cyclic N) is 1. The Kier molecular flexibility index (Phi) is 4.02. The van der Waals surface area contributed by atoms with Crippen LogP contribution in [0.2, 0.25) is 0 Å². The number of piperidine rings is 1. The van der Waals surface area contributed by atoms with Crippen LogP contribution in [0.4, 0.5) is 0 Å². The Bertz CT molecular complexity index is 562. The lowest BCUT2D eigenvalue weighted by atomic mass is 9.95. The molecule has 1 unspecified atom stereocenters.